The number of benzene rings is 1. The maximum absolute atomic E-state index is 12.5. The van der Waals surface area contributed by atoms with Crippen LogP contribution >= 0.6 is 0 Å². The molecule has 7 nitrogen and oxygen atoms in total. The molecule has 0 aromatic heterocycles. The van der Waals surface area contributed by atoms with Crippen LogP contribution in [0, 0.1) is 0 Å². The third kappa shape index (κ3) is 7.03. The zero-order valence-corrected chi connectivity index (χ0v) is 17.7. The monoisotopic (exact) mass is 391 g/mol. The van der Waals surface area contributed by atoms with Crippen molar-refractivity contribution in [1.82, 2.24) is 14.7 Å². The highest BCUT2D eigenvalue weighted by atomic mass is 16.6. The molecular weight excluding hydrogens is 358 g/mol. The second kappa shape index (κ2) is 9.78. The van der Waals surface area contributed by atoms with Crippen LogP contribution in [0.3, 0.4) is 0 Å². The van der Waals surface area contributed by atoms with Crippen molar-refractivity contribution in [3.05, 3.63) is 29.8 Å². The zero-order valence-electron chi connectivity index (χ0n) is 17.7. The molecule has 156 valence electrons. The van der Waals surface area contributed by atoms with Crippen molar-refractivity contribution in [3.63, 3.8) is 0 Å². The summed E-state index contributed by atoms with van der Waals surface area (Å²) in [4.78, 5) is 30.0. The maximum atomic E-state index is 12.5. The average Bonchev–Trinajstić information content (AvgIpc) is 2.62. The summed E-state index contributed by atoms with van der Waals surface area (Å²) in [6.07, 6.45) is -0.477. The van der Waals surface area contributed by atoms with Gasteiger partial charge in [-0.2, -0.15) is 0 Å². The molecule has 0 unspecified atom stereocenters. The molecule has 0 atom stereocenters. The van der Waals surface area contributed by atoms with Gasteiger partial charge in [-0.1, -0.05) is 12.1 Å². The van der Waals surface area contributed by atoms with E-state index in [-0.39, 0.29) is 12.5 Å². The van der Waals surface area contributed by atoms with Crippen molar-refractivity contribution in [1.29, 1.82) is 0 Å². The molecule has 0 bridgehead atoms. The average molecular weight is 392 g/mol. The highest BCUT2D eigenvalue weighted by Gasteiger charge is 2.25. The van der Waals surface area contributed by atoms with Gasteiger partial charge in [0.25, 0.3) is 0 Å². The van der Waals surface area contributed by atoms with Crippen LogP contribution < -0.4 is 4.74 Å². The number of hydrogen-bond acceptors (Lipinski definition) is 5. The summed E-state index contributed by atoms with van der Waals surface area (Å²) in [7, 11) is 1.59. The summed E-state index contributed by atoms with van der Waals surface area (Å²) in [6, 6.07) is 8.15. The summed E-state index contributed by atoms with van der Waals surface area (Å²) < 4.78 is 10.8. The molecule has 1 aliphatic heterocycles. The van der Waals surface area contributed by atoms with Gasteiger partial charge in [0.1, 0.15) is 17.9 Å². The van der Waals surface area contributed by atoms with Gasteiger partial charge in [-0.25, -0.2) is 4.79 Å². The fraction of sp³-hybridized carbons (Fsp3) is 0.619. The van der Waals surface area contributed by atoms with Gasteiger partial charge in [0.15, 0.2) is 0 Å². The second-order valence-electron chi connectivity index (χ2n) is 8.07. The van der Waals surface area contributed by atoms with Crippen LogP contribution in [0.1, 0.15) is 33.3 Å². The van der Waals surface area contributed by atoms with Gasteiger partial charge in [0.05, 0.1) is 6.61 Å². The molecule has 2 rings (SSSR count). The van der Waals surface area contributed by atoms with Gasteiger partial charge >= 0.3 is 6.09 Å². The van der Waals surface area contributed by atoms with Crippen molar-refractivity contribution in [2.24, 2.45) is 0 Å². The van der Waals surface area contributed by atoms with E-state index in [0.29, 0.717) is 19.7 Å². The Balaban J connectivity index is 1.76. The zero-order chi connectivity index (χ0) is 20.7. The Bertz CT molecular complexity index is 647. The van der Waals surface area contributed by atoms with Crippen molar-refractivity contribution in [2.75, 3.05) is 46.4 Å². The molecule has 0 radical (unpaired) electrons. The summed E-state index contributed by atoms with van der Waals surface area (Å²) in [5, 5.41) is 0. The molecule has 0 spiro atoms. The summed E-state index contributed by atoms with van der Waals surface area (Å²) in [6.45, 7) is 11.9. The quantitative estimate of drug-likeness (QED) is 0.746. The number of ether oxygens (including phenoxy) is 2. The summed E-state index contributed by atoms with van der Waals surface area (Å²) >= 11 is 0. The smallest absolute Gasteiger partial charge is 0.410 e. The molecule has 1 aromatic rings. The summed E-state index contributed by atoms with van der Waals surface area (Å²) in [5.74, 6) is 0.838. The van der Waals surface area contributed by atoms with Gasteiger partial charge in [0, 0.05) is 39.8 Å². The van der Waals surface area contributed by atoms with E-state index in [1.807, 2.05) is 44.7 Å². The number of piperazine rings is 1. The minimum absolute atomic E-state index is 0.0355. The topological polar surface area (TPSA) is 62.3 Å². The molecule has 1 fully saturated rings. The van der Waals surface area contributed by atoms with E-state index >= 15 is 0 Å². The fourth-order valence-electron chi connectivity index (χ4n) is 2.98. The lowest BCUT2D eigenvalue weighted by Crippen LogP contribution is -2.51. The molecule has 0 aliphatic carbocycles. The number of carbonyl (C=O) groups is 2. The van der Waals surface area contributed by atoms with Crippen molar-refractivity contribution in [2.45, 2.75) is 39.8 Å². The van der Waals surface area contributed by atoms with E-state index in [1.54, 1.807) is 7.05 Å². The molecule has 1 aliphatic rings. The van der Waals surface area contributed by atoms with Gasteiger partial charge in [-0.15, -0.1) is 0 Å². The van der Waals surface area contributed by atoms with E-state index in [2.05, 4.69) is 17.0 Å². The molecule has 2 amide bonds. The first kappa shape index (κ1) is 22.0. The Morgan fingerprint density at radius 1 is 1.07 bits per heavy atom. The predicted molar refractivity (Wildman–Crippen MR) is 108 cm³/mol. The van der Waals surface area contributed by atoms with Crippen molar-refractivity contribution < 1.29 is 19.1 Å². The maximum Gasteiger partial charge on any atom is 0.410 e. The first-order valence-electron chi connectivity index (χ1n) is 9.84. The Morgan fingerprint density at radius 3 is 2.21 bits per heavy atom. The molecule has 0 saturated carbocycles. The molecule has 1 aromatic carbocycles. The molecule has 1 saturated heterocycles. The van der Waals surface area contributed by atoms with Crippen LogP contribution in [0.4, 0.5) is 4.79 Å². The Hall–Kier alpha value is -2.28. The number of rotatable bonds is 6. The molecule has 7 heteroatoms. The van der Waals surface area contributed by atoms with Crippen LogP contribution in [-0.4, -0.2) is 78.7 Å². The normalized spacial score (nSPS) is 15.2. The van der Waals surface area contributed by atoms with Gasteiger partial charge in [-0.3, -0.25) is 9.69 Å². The lowest BCUT2D eigenvalue weighted by atomic mass is 10.2. The third-order valence-electron chi connectivity index (χ3n) is 4.44. The van der Waals surface area contributed by atoms with E-state index in [9.17, 15) is 9.59 Å². The van der Waals surface area contributed by atoms with Gasteiger partial charge < -0.3 is 19.3 Å². The predicted octanol–water partition coefficient (Wildman–Crippen LogP) is 2.60. The van der Waals surface area contributed by atoms with E-state index in [1.165, 1.54) is 10.5 Å². The summed E-state index contributed by atoms with van der Waals surface area (Å²) in [5.41, 5.74) is 0.661. The van der Waals surface area contributed by atoms with Crippen LogP contribution in [0.15, 0.2) is 24.3 Å². The van der Waals surface area contributed by atoms with E-state index in [0.717, 1.165) is 25.4 Å². The number of carbonyl (C=O) groups excluding carboxylic acids is 2. The van der Waals surface area contributed by atoms with E-state index < -0.39 is 11.7 Å². The highest BCUT2D eigenvalue weighted by molar-refractivity contribution is 5.82. The van der Waals surface area contributed by atoms with Crippen LogP contribution in [0.2, 0.25) is 0 Å². The number of hydrogen-bond donors (Lipinski definition) is 0. The Kier molecular flexibility index (Phi) is 7.69. The molecule has 1 heterocycles. The van der Waals surface area contributed by atoms with Crippen LogP contribution in [0.5, 0.6) is 5.75 Å². The lowest BCUT2D eigenvalue weighted by Gasteiger charge is -2.35. The Labute approximate surface area is 168 Å². The lowest BCUT2D eigenvalue weighted by molar-refractivity contribution is -0.133. The minimum atomic E-state index is -0.569. The number of nitrogens with zero attached hydrogens (tertiary/aromatic N) is 3. The van der Waals surface area contributed by atoms with Crippen LogP contribution in [0.25, 0.3) is 0 Å². The third-order valence-corrected chi connectivity index (χ3v) is 4.44. The standard InChI is InChI=1S/C21H33N3O4/c1-6-27-18-9-7-17(8-10-18)15-23-11-13-24(14-12-23)19(25)16-22(5)20(26)28-21(2,3)4/h7-10H,6,11-16H2,1-5H3. The van der Waals surface area contributed by atoms with Crippen LogP contribution in [-0.2, 0) is 16.1 Å². The minimum Gasteiger partial charge on any atom is -0.494 e. The largest absolute Gasteiger partial charge is 0.494 e. The Morgan fingerprint density at radius 2 is 1.68 bits per heavy atom. The van der Waals surface area contributed by atoms with E-state index in [4.69, 9.17) is 9.47 Å². The molecular formula is C21H33N3O4. The first-order chi connectivity index (χ1) is 13.2. The molecule has 28 heavy (non-hydrogen) atoms. The second-order valence-corrected chi connectivity index (χ2v) is 8.07. The van der Waals surface area contributed by atoms with Gasteiger partial charge in [-0.05, 0) is 45.4 Å². The van der Waals surface area contributed by atoms with Crippen molar-refractivity contribution in [3.8, 4) is 5.75 Å². The molecule has 0 N–H and O–H groups in total. The number of amides is 2. The highest BCUT2D eigenvalue weighted by Crippen LogP contribution is 2.15. The van der Waals surface area contributed by atoms with Gasteiger partial charge in [0.2, 0.25) is 5.91 Å². The van der Waals surface area contributed by atoms with Crippen molar-refractivity contribution >= 4 is 12.0 Å². The first-order valence-corrected chi connectivity index (χ1v) is 9.84. The SMILES string of the molecule is CCOc1ccc(CN2CCN(C(=O)CN(C)C(=O)OC(C)(C)C)CC2)cc1. The number of likely N-dealkylation sites (N-methyl/N-ethyl adjacent to an activating group) is 1. The fourth-order valence-corrected chi connectivity index (χ4v) is 2.98.